The van der Waals surface area contributed by atoms with Crippen molar-refractivity contribution in [3.05, 3.63) is 54.1 Å². The third-order valence-electron chi connectivity index (χ3n) is 5.56. The van der Waals surface area contributed by atoms with Crippen LogP contribution in [0.2, 0.25) is 0 Å². The van der Waals surface area contributed by atoms with Gasteiger partial charge in [-0.25, -0.2) is 8.42 Å². The van der Waals surface area contributed by atoms with E-state index in [9.17, 15) is 13.2 Å². The Morgan fingerprint density at radius 2 is 1.67 bits per heavy atom. The highest BCUT2D eigenvalue weighted by Crippen LogP contribution is 2.25. The molecule has 1 amide bonds. The minimum atomic E-state index is -3.58. The maximum atomic E-state index is 12.9. The Morgan fingerprint density at radius 1 is 1.06 bits per heavy atom. The third kappa shape index (κ3) is 6.73. The van der Waals surface area contributed by atoms with E-state index in [1.807, 2.05) is 31.2 Å². The Bertz CT molecular complexity index is 1050. The van der Waals surface area contributed by atoms with E-state index in [4.69, 9.17) is 15.9 Å². The molecule has 7 nitrogen and oxygen atoms in total. The smallest absolute Gasteiger partial charge is 0.243 e. The van der Waals surface area contributed by atoms with Crippen molar-refractivity contribution >= 4 is 15.9 Å². The molecule has 1 aliphatic rings. The maximum absolute atomic E-state index is 12.9. The summed E-state index contributed by atoms with van der Waals surface area (Å²) in [7, 11) is -3.58. The molecule has 1 heterocycles. The van der Waals surface area contributed by atoms with Gasteiger partial charge in [0.1, 0.15) is 18.1 Å². The number of terminal acetylenes is 1. The molecule has 1 aliphatic heterocycles. The van der Waals surface area contributed by atoms with Crippen molar-refractivity contribution in [2.24, 2.45) is 5.92 Å². The Labute approximate surface area is 196 Å². The zero-order chi connectivity index (χ0) is 23.7. The van der Waals surface area contributed by atoms with Crippen molar-refractivity contribution in [1.29, 1.82) is 0 Å². The molecule has 8 heteroatoms. The third-order valence-corrected chi connectivity index (χ3v) is 7.47. The molecule has 1 fully saturated rings. The molecule has 33 heavy (non-hydrogen) atoms. The summed E-state index contributed by atoms with van der Waals surface area (Å²) in [5.41, 5.74) is 1.08. The van der Waals surface area contributed by atoms with E-state index in [1.165, 1.54) is 4.31 Å². The number of rotatable bonds is 10. The van der Waals surface area contributed by atoms with Crippen LogP contribution in [0.25, 0.3) is 0 Å². The van der Waals surface area contributed by atoms with Crippen LogP contribution in [0.15, 0.2) is 53.4 Å². The van der Waals surface area contributed by atoms with Gasteiger partial charge in [-0.3, -0.25) is 4.79 Å². The minimum absolute atomic E-state index is 0.0258. The Hall–Kier alpha value is -3.02. The first-order valence-corrected chi connectivity index (χ1v) is 12.5. The van der Waals surface area contributed by atoms with Gasteiger partial charge in [0.15, 0.2) is 0 Å². The molecule has 0 saturated carbocycles. The van der Waals surface area contributed by atoms with Crippen LogP contribution in [0.5, 0.6) is 11.5 Å². The van der Waals surface area contributed by atoms with E-state index in [0.29, 0.717) is 57.0 Å². The lowest BCUT2D eigenvalue weighted by Crippen LogP contribution is -2.43. The molecule has 0 bridgehead atoms. The van der Waals surface area contributed by atoms with Crippen LogP contribution in [-0.2, 0) is 21.2 Å². The Morgan fingerprint density at radius 3 is 2.27 bits per heavy atom. The lowest BCUT2D eigenvalue weighted by Gasteiger charge is -2.30. The number of carbonyl (C=O) groups excluding carboxylic acids is 1. The maximum Gasteiger partial charge on any atom is 0.243 e. The van der Waals surface area contributed by atoms with Gasteiger partial charge < -0.3 is 14.8 Å². The average molecular weight is 471 g/mol. The number of ether oxygens (including phenoxy) is 2. The largest absolute Gasteiger partial charge is 0.494 e. The Balaban J connectivity index is 1.44. The first-order chi connectivity index (χ1) is 15.9. The van der Waals surface area contributed by atoms with Gasteiger partial charge in [0.05, 0.1) is 11.5 Å². The minimum Gasteiger partial charge on any atom is -0.494 e. The monoisotopic (exact) mass is 470 g/mol. The van der Waals surface area contributed by atoms with Crippen molar-refractivity contribution in [2.75, 3.05) is 32.8 Å². The number of benzene rings is 2. The molecule has 0 spiro atoms. The number of carbonyl (C=O) groups is 1. The van der Waals surface area contributed by atoms with E-state index in [2.05, 4.69) is 11.2 Å². The summed E-state index contributed by atoms with van der Waals surface area (Å²) in [4.78, 5) is 12.8. The Kier molecular flexibility index (Phi) is 8.75. The molecule has 2 aromatic carbocycles. The van der Waals surface area contributed by atoms with E-state index < -0.39 is 10.0 Å². The van der Waals surface area contributed by atoms with E-state index >= 15 is 0 Å². The average Bonchev–Trinajstić information content (AvgIpc) is 2.84. The number of hydrogen-bond donors (Lipinski definition) is 1. The van der Waals surface area contributed by atoms with Crippen molar-refractivity contribution in [3.63, 3.8) is 0 Å². The number of nitrogens with zero attached hydrogens (tertiary/aromatic N) is 1. The van der Waals surface area contributed by atoms with Crippen molar-refractivity contribution in [1.82, 2.24) is 9.62 Å². The molecule has 0 aromatic heterocycles. The highest BCUT2D eigenvalue weighted by Gasteiger charge is 2.32. The number of amides is 1. The van der Waals surface area contributed by atoms with Crippen LogP contribution in [-0.4, -0.2) is 51.5 Å². The fourth-order valence-electron chi connectivity index (χ4n) is 3.73. The van der Waals surface area contributed by atoms with Gasteiger partial charge in [-0.05, 0) is 68.1 Å². The summed E-state index contributed by atoms with van der Waals surface area (Å²) in [6.45, 7) is 3.81. The van der Waals surface area contributed by atoms with Gasteiger partial charge in [0.25, 0.3) is 0 Å². The number of piperidine rings is 1. The zero-order valence-electron chi connectivity index (χ0n) is 18.8. The summed E-state index contributed by atoms with van der Waals surface area (Å²) >= 11 is 0. The van der Waals surface area contributed by atoms with Gasteiger partial charge in [-0.15, -0.1) is 6.42 Å². The lowest BCUT2D eigenvalue weighted by molar-refractivity contribution is -0.126. The molecule has 176 valence electrons. The van der Waals surface area contributed by atoms with Gasteiger partial charge in [0.2, 0.25) is 15.9 Å². The molecule has 0 unspecified atom stereocenters. The van der Waals surface area contributed by atoms with Crippen molar-refractivity contribution < 1.29 is 22.7 Å². The summed E-state index contributed by atoms with van der Waals surface area (Å²) < 4.78 is 38.0. The second-order valence-electron chi connectivity index (χ2n) is 7.76. The van der Waals surface area contributed by atoms with Crippen LogP contribution < -0.4 is 14.8 Å². The number of sulfonamides is 1. The quantitative estimate of drug-likeness (QED) is 0.540. The van der Waals surface area contributed by atoms with Gasteiger partial charge in [0, 0.05) is 25.6 Å². The zero-order valence-corrected chi connectivity index (χ0v) is 19.6. The topological polar surface area (TPSA) is 84.9 Å². The molecule has 1 N–H and O–H groups in total. The van der Waals surface area contributed by atoms with Crippen LogP contribution in [0, 0.1) is 18.3 Å². The molecular formula is C25H30N2O5S. The summed E-state index contributed by atoms with van der Waals surface area (Å²) in [5.74, 6) is 3.57. The standard InChI is InChI=1S/C25H30N2O5S/c1-3-19-32-23-7-5-20(6-8-23)13-16-26-25(28)21-14-17-27(18-15-21)33(29,30)24-11-9-22(10-12-24)31-4-2/h1,5-12,21H,4,13-19H2,2H3,(H,26,28). The van der Waals surface area contributed by atoms with E-state index in [1.54, 1.807) is 24.3 Å². The molecule has 0 radical (unpaired) electrons. The van der Waals surface area contributed by atoms with Crippen LogP contribution in [0.4, 0.5) is 0 Å². The molecule has 0 aliphatic carbocycles. The molecule has 3 rings (SSSR count). The van der Waals surface area contributed by atoms with Crippen LogP contribution in [0.3, 0.4) is 0 Å². The SMILES string of the molecule is C#CCOc1ccc(CCNC(=O)C2CCN(S(=O)(=O)c3ccc(OCC)cc3)CC2)cc1. The first kappa shape index (κ1) is 24.6. The van der Waals surface area contributed by atoms with Gasteiger partial charge >= 0.3 is 0 Å². The second kappa shape index (κ2) is 11.7. The van der Waals surface area contributed by atoms with Crippen LogP contribution >= 0.6 is 0 Å². The van der Waals surface area contributed by atoms with Gasteiger partial charge in [-0.1, -0.05) is 18.1 Å². The first-order valence-electron chi connectivity index (χ1n) is 11.1. The molecule has 2 aromatic rings. The van der Waals surface area contributed by atoms with Crippen LogP contribution in [0.1, 0.15) is 25.3 Å². The molecule has 0 atom stereocenters. The van der Waals surface area contributed by atoms with E-state index in [0.717, 1.165) is 5.56 Å². The summed E-state index contributed by atoms with van der Waals surface area (Å²) in [6.07, 6.45) is 6.89. The summed E-state index contributed by atoms with van der Waals surface area (Å²) in [5, 5.41) is 2.97. The number of nitrogens with one attached hydrogen (secondary N) is 1. The van der Waals surface area contributed by atoms with E-state index in [-0.39, 0.29) is 23.3 Å². The van der Waals surface area contributed by atoms with Gasteiger partial charge in [-0.2, -0.15) is 4.31 Å². The highest BCUT2D eigenvalue weighted by molar-refractivity contribution is 7.89. The predicted octanol–water partition coefficient (Wildman–Crippen LogP) is 2.86. The fourth-order valence-corrected chi connectivity index (χ4v) is 5.20. The molecular weight excluding hydrogens is 440 g/mol. The van der Waals surface area contributed by atoms with Crippen molar-refractivity contribution in [2.45, 2.75) is 31.1 Å². The molecule has 1 saturated heterocycles. The fraction of sp³-hybridized carbons (Fsp3) is 0.400. The normalized spacial score (nSPS) is 14.9. The highest BCUT2D eigenvalue weighted by atomic mass is 32.2. The number of hydrogen-bond acceptors (Lipinski definition) is 5. The predicted molar refractivity (Wildman–Crippen MR) is 127 cm³/mol. The second-order valence-corrected chi connectivity index (χ2v) is 9.70. The summed E-state index contributed by atoms with van der Waals surface area (Å²) in [6, 6.07) is 14.1. The lowest BCUT2D eigenvalue weighted by atomic mass is 9.97. The van der Waals surface area contributed by atoms with Crippen molar-refractivity contribution in [3.8, 4) is 23.8 Å².